The standard InChI is InChI=1S/C21H19ClFN3OS/c22-16-3-1-15(2-4-16)21-24-18(14-28-21)13-20(27)26-11-9-25(10-12-26)19-7-5-17(23)6-8-19/h1-8,14H,9-13H2. The van der Waals surface area contributed by atoms with Crippen LogP contribution in [0.4, 0.5) is 10.1 Å². The lowest BCUT2D eigenvalue weighted by atomic mass is 10.2. The Hall–Kier alpha value is -2.44. The molecular formula is C21H19ClFN3OS. The maximum absolute atomic E-state index is 13.1. The number of amides is 1. The van der Waals surface area contributed by atoms with E-state index in [1.165, 1.54) is 23.5 Å². The predicted octanol–water partition coefficient (Wildman–Crippen LogP) is 4.49. The highest BCUT2D eigenvalue weighted by atomic mass is 35.5. The molecular weight excluding hydrogens is 397 g/mol. The van der Waals surface area contributed by atoms with Gasteiger partial charge in [-0.25, -0.2) is 9.37 Å². The van der Waals surface area contributed by atoms with Gasteiger partial charge in [0.15, 0.2) is 0 Å². The molecule has 0 atom stereocenters. The number of anilines is 1. The summed E-state index contributed by atoms with van der Waals surface area (Å²) in [5, 5.41) is 3.52. The quantitative estimate of drug-likeness (QED) is 0.629. The highest BCUT2D eigenvalue weighted by Gasteiger charge is 2.22. The average Bonchev–Trinajstić information content (AvgIpc) is 3.18. The predicted molar refractivity (Wildman–Crippen MR) is 111 cm³/mol. The van der Waals surface area contributed by atoms with Crippen molar-refractivity contribution in [2.75, 3.05) is 31.1 Å². The third-order valence-electron chi connectivity index (χ3n) is 4.80. The molecule has 0 unspecified atom stereocenters. The van der Waals surface area contributed by atoms with Gasteiger partial charge in [0.2, 0.25) is 5.91 Å². The van der Waals surface area contributed by atoms with Crippen LogP contribution in [-0.4, -0.2) is 42.0 Å². The van der Waals surface area contributed by atoms with Crippen LogP contribution in [0.3, 0.4) is 0 Å². The molecule has 3 aromatic rings. The number of piperazine rings is 1. The van der Waals surface area contributed by atoms with Crippen molar-refractivity contribution in [2.24, 2.45) is 0 Å². The normalized spacial score (nSPS) is 14.4. The Bertz CT molecular complexity index is 951. The lowest BCUT2D eigenvalue weighted by Gasteiger charge is -2.36. The van der Waals surface area contributed by atoms with Crippen LogP contribution in [0.2, 0.25) is 5.02 Å². The number of nitrogens with zero attached hydrogens (tertiary/aromatic N) is 3. The Labute approximate surface area is 172 Å². The SMILES string of the molecule is O=C(Cc1csc(-c2ccc(Cl)cc2)n1)N1CCN(c2ccc(F)cc2)CC1. The Kier molecular flexibility index (Phi) is 5.59. The maximum atomic E-state index is 13.1. The minimum atomic E-state index is -0.237. The summed E-state index contributed by atoms with van der Waals surface area (Å²) in [4.78, 5) is 21.3. The highest BCUT2D eigenvalue weighted by Crippen LogP contribution is 2.25. The number of carbonyl (C=O) groups is 1. The third-order valence-corrected chi connectivity index (χ3v) is 5.99. The summed E-state index contributed by atoms with van der Waals surface area (Å²) in [5.41, 5.74) is 2.78. The van der Waals surface area contributed by atoms with Gasteiger partial charge in [0.05, 0.1) is 12.1 Å². The number of halogens is 2. The number of aromatic nitrogens is 1. The van der Waals surface area contributed by atoms with Crippen molar-refractivity contribution in [1.29, 1.82) is 0 Å². The van der Waals surface area contributed by atoms with E-state index in [1.807, 2.05) is 34.5 Å². The van der Waals surface area contributed by atoms with E-state index in [1.54, 1.807) is 12.1 Å². The van der Waals surface area contributed by atoms with Crippen LogP contribution in [-0.2, 0) is 11.2 Å². The van der Waals surface area contributed by atoms with E-state index in [0.29, 0.717) is 24.5 Å². The molecule has 1 saturated heterocycles. The zero-order valence-corrected chi connectivity index (χ0v) is 16.7. The summed E-state index contributed by atoms with van der Waals surface area (Å²) in [6.45, 7) is 2.80. The van der Waals surface area contributed by atoms with Gasteiger partial charge in [0.1, 0.15) is 10.8 Å². The molecule has 1 aliphatic rings. The van der Waals surface area contributed by atoms with E-state index in [4.69, 9.17) is 11.6 Å². The van der Waals surface area contributed by atoms with Crippen LogP contribution in [0, 0.1) is 5.82 Å². The van der Waals surface area contributed by atoms with E-state index in [-0.39, 0.29) is 11.7 Å². The summed E-state index contributed by atoms with van der Waals surface area (Å²) in [5.74, 6) is -0.148. The Morgan fingerprint density at radius 2 is 1.71 bits per heavy atom. The number of hydrogen-bond donors (Lipinski definition) is 0. The van der Waals surface area contributed by atoms with E-state index >= 15 is 0 Å². The van der Waals surface area contributed by atoms with Gasteiger partial charge in [-0.15, -0.1) is 11.3 Å². The molecule has 0 saturated carbocycles. The van der Waals surface area contributed by atoms with Gasteiger partial charge in [0.25, 0.3) is 0 Å². The molecule has 1 amide bonds. The fourth-order valence-electron chi connectivity index (χ4n) is 3.25. The van der Waals surface area contributed by atoms with E-state index < -0.39 is 0 Å². The number of rotatable bonds is 4. The van der Waals surface area contributed by atoms with Gasteiger partial charge < -0.3 is 9.80 Å². The second-order valence-corrected chi connectivity index (χ2v) is 7.97. The van der Waals surface area contributed by atoms with Crippen molar-refractivity contribution in [1.82, 2.24) is 9.88 Å². The van der Waals surface area contributed by atoms with Crippen molar-refractivity contribution in [3.63, 3.8) is 0 Å². The molecule has 0 spiro atoms. The average molecular weight is 416 g/mol. The molecule has 2 heterocycles. The van der Waals surface area contributed by atoms with Crippen molar-refractivity contribution in [2.45, 2.75) is 6.42 Å². The summed E-state index contributed by atoms with van der Waals surface area (Å²) >= 11 is 7.46. The smallest absolute Gasteiger partial charge is 0.228 e. The summed E-state index contributed by atoms with van der Waals surface area (Å²) in [6, 6.07) is 14.0. The zero-order chi connectivity index (χ0) is 19.5. The maximum Gasteiger partial charge on any atom is 0.228 e. The largest absolute Gasteiger partial charge is 0.368 e. The first-order valence-electron chi connectivity index (χ1n) is 9.07. The van der Waals surface area contributed by atoms with Crippen molar-refractivity contribution < 1.29 is 9.18 Å². The second kappa shape index (κ2) is 8.29. The summed E-state index contributed by atoms with van der Waals surface area (Å²) < 4.78 is 13.1. The molecule has 1 aromatic heterocycles. The molecule has 4 rings (SSSR count). The third kappa shape index (κ3) is 4.34. The fourth-order valence-corrected chi connectivity index (χ4v) is 4.20. The van der Waals surface area contributed by atoms with Crippen molar-refractivity contribution in [3.05, 3.63) is 70.4 Å². The lowest BCUT2D eigenvalue weighted by molar-refractivity contribution is -0.130. The monoisotopic (exact) mass is 415 g/mol. The molecule has 0 radical (unpaired) electrons. The Morgan fingerprint density at radius 3 is 2.39 bits per heavy atom. The molecule has 7 heteroatoms. The molecule has 0 bridgehead atoms. The van der Waals surface area contributed by atoms with E-state index in [0.717, 1.165) is 35.0 Å². The van der Waals surface area contributed by atoms with Gasteiger partial charge in [-0.3, -0.25) is 4.79 Å². The van der Waals surface area contributed by atoms with Crippen LogP contribution in [0.5, 0.6) is 0 Å². The Morgan fingerprint density at radius 1 is 1.04 bits per heavy atom. The van der Waals surface area contributed by atoms with Crippen LogP contribution in [0.1, 0.15) is 5.69 Å². The van der Waals surface area contributed by atoms with Gasteiger partial charge >= 0.3 is 0 Å². The molecule has 4 nitrogen and oxygen atoms in total. The summed E-state index contributed by atoms with van der Waals surface area (Å²) in [6.07, 6.45) is 0.306. The minimum absolute atomic E-state index is 0.0895. The van der Waals surface area contributed by atoms with Gasteiger partial charge in [-0.1, -0.05) is 23.7 Å². The lowest BCUT2D eigenvalue weighted by Crippen LogP contribution is -2.49. The number of benzene rings is 2. The topological polar surface area (TPSA) is 36.4 Å². The first kappa shape index (κ1) is 18.9. The zero-order valence-electron chi connectivity index (χ0n) is 15.1. The second-order valence-electron chi connectivity index (χ2n) is 6.67. The van der Waals surface area contributed by atoms with Gasteiger partial charge in [-0.2, -0.15) is 0 Å². The van der Waals surface area contributed by atoms with Crippen LogP contribution in [0.15, 0.2) is 53.9 Å². The molecule has 28 heavy (non-hydrogen) atoms. The van der Waals surface area contributed by atoms with Crippen molar-refractivity contribution >= 4 is 34.5 Å². The van der Waals surface area contributed by atoms with Gasteiger partial charge in [0, 0.05) is 47.8 Å². The number of hydrogen-bond acceptors (Lipinski definition) is 4. The molecule has 1 fully saturated rings. The van der Waals surface area contributed by atoms with Crippen LogP contribution >= 0.6 is 22.9 Å². The fraction of sp³-hybridized carbons (Fsp3) is 0.238. The number of carbonyl (C=O) groups excluding carboxylic acids is 1. The van der Waals surface area contributed by atoms with Crippen LogP contribution < -0.4 is 4.90 Å². The first-order valence-corrected chi connectivity index (χ1v) is 10.3. The summed E-state index contributed by atoms with van der Waals surface area (Å²) in [7, 11) is 0. The molecule has 2 aromatic carbocycles. The molecule has 144 valence electrons. The van der Waals surface area contributed by atoms with E-state index in [9.17, 15) is 9.18 Å². The van der Waals surface area contributed by atoms with Gasteiger partial charge in [-0.05, 0) is 36.4 Å². The molecule has 1 aliphatic heterocycles. The Balaban J connectivity index is 1.33. The van der Waals surface area contributed by atoms with Crippen molar-refractivity contribution in [3.8, 4) is 10.6 Å². The van der Waals surface area contributed by atoms with E-state index in [2.05, 4.69) is 9.88 Å². The highest BCUT2D eigenvalue weighted by molar-refractivity contribution is 7.13. The molecule has 0 N–H and O–H groups in total. The molecule has 0 aliphatic carbocycles. The van der Waals surface area contributed by atoms with Crippen LogP contribution in [0.25, 0.3) is 10.6 Å². The first-order chi connectivity index (χ1) is 13.6. The number of thiazole rings is 1. The minimum Gasteiger partial charge on any atom is -0.368 e.